The summed E-state index contributed by atoms with van der Waals surface area (Å²) in [5.74, 6) is 3.04. The number of hydrogen-bond donors (Lipinski definition) is 1. The van der Waals surface area contributed by atoms with Crippen molar-refractivity contribution in [3.8, 4) is 0 Å². The summed E-state index contributed by atoms with van der Waals surface area (Å²) in [6, 6.07) is 0.840. The van der Waals surface area contributed by atoms with Gasteiger partial charge in [-0.2, -0.15) is 0 Å². The summed E-state index contributed by atoms with van der Waals surface area (Å²) in [5, 5.41) is 3.72. The average molecular weight is 223 g/mol. The van der Waals surface area contributed by atoms with E-state index in [1.54, 1.807) is 0 Å². The molecule has 0 aromatic heterocycles. The topological polar surface area (TPSA) is 21.3 Å². The lowest BCUT2D eigenvalue weighted by Gasteiger charge is -2.17. The van der Waals surface area contributed by atoms with Crippen molar-refractivity contribution in [2.75, 3.05) is 19.8 Å². The summed E-state index contributed by atoms with van der Waals surface area (Å²) in [5.41, 5.74) is 0. The molecule has 92 valence electrons. The molecule has 0 aromatic rings. The molecule has 0 bridgehead atoms. The fourth-order valence-electron chi connectivity index (χ4n) is 2.69. The Kier molecular flexibility index (Phi) is 3.49. The van der Waals surface area contributed by atoms with Crippen LogP contribution in [0, 0.1) is 17.8 Å². The first-order valence-corrected chi connectivity index (χ1v) is 7.24. The van der Waals surface area contributed by atoms with Crippen LogP contribution in [0.25, 0.3) is 0 Å². The van der Waals surface area contributed by atoms with Crippen molar-refractivity contribution in [1.29, 1.82) is 0 Å². The lowest BCUT2D eigenvalue weighted by Crippen LogP contribution is -2.35. The van der Waals surface area contributed by atoms with Crippen LogP contribution in [0.4, 0.5) is 0 Å². The van der Waals surface area contributed by atoms with Gasteiger partial charge >= 0.3 is 0 Å². The van der Waals surface area contributed by atoms with Gasteiger partial charge in [0.25, 0.3) is 0 Å². The van der Waals surface area contributed by atoms with Crippen LogP contribution < -0.4 is 5.32 Å². The molecule has 3 rings (SSSR count). The summed E-state index contributed by atoms with van der Waals surface area (Å²) in [4.78, 5) is 0. The third-order valence-corrected chi connectivity index (χ3v) is 4.25. The van der Waals surface area contributed by atoms with Gasteiger partial charge in [0, 0.05) is 19.2 Å². The van der Waals surface area contributed by atoms with Crippen LogP contribution in [-0.2, 0) is 4.74 Å². The molecule has 16 heavy (non-hydrogen) atoms. The predicted molar refractivity (Wildman–Crippen MR) is 65.4 cm³/mol. The Morgan fingerprint density at radius 2 is 1.62 bits per heavy atom. The van der Waals surface area contributed by atoms with Crippen LogP contribution in [0.15, 0.2) is 0 Å². The maximum absolute atomic E-state index is 5.67. The van der Waals surface area contributed by atoms with E-state index in [1.165, 1.54) is 44.9 Å². The summed E-state index contributed by atoms with van der Waals surface area (Å²) in [6.07, 6.45) is 10.1. The highest BCUT2D eigenvalue weighted by Crippen LogP contribution is 2.44. The van der Waals surface area contributed by atoms with Gasteiger partial charge in [-0.1, -0.05) is 12.8 Å². The molecular formula is C14H25NO. The molecule has 2 heteroatoms. The summed E-state index contributed by atoms with van der Waals surface area (Å²) >= 11 is 0. The second-order valence-corrected chi connectivity index (χ2v) is 6.00. The lowest BCUT2D eigenvalue weighted by molar-refractivity contribution is 0.126. The fraction of sp³-hybridized carbons (Fsp3) is 1.00. The van der Waals surface area contributed by atoms with Crippen LogP contribution in [0.5, 0.6) is 0 Å². The summed E-state index contributed by atoms with van der Waals surface area (Å²) in [7, 11) is 0. The molecule has 0 unspecified atom stereocenters. The highest BCUT2D eigenvalue weighted by molar-refractivity contribution is 4.96. The Morgan fingerprint density at radius 1 is 0.938 bits per heavy atom. The van der Waals surface area contributed by atoms with E-state index >= 15 is 0 Å². The molecule has 2 nitrogen and oxygen atoms in total. The van der Waals surface area contributed by atoms with E-state index < -0.39 is 0 Å². The van der Waals surface area contributed by atoms with E-state index in [-0.39, 0.29) is 0 Å². The molecule has 0 spiro atoms. The first kappa shape index (κ1) is 11.0. The van der Waals surface area contributed by atoms with Crippen LogP contribution in [0.2, 0.25) is 0 Å². The molecule has 0 radical (unpaired) electrons. The van der Waals surface area contributed by atoms with E-state index in [9.17, 15) is 0 Å². The molecular weight excluding hydrogens is 198 g/mol. The van der Waals surface area contributed by atoms with Crippen molar-refractivity contribution in [2.24, 2.45) is 17.8 Å². The van der Waals surface area contributed by atoms with Gasteiger partial charge in [0.15, 0.2) is 0 Å². The minimum Gasteiger partial charge on any atom is -0.380 e. The van der Waals surface area contributed by atoms with Gasteiger partial charge in [0.1, 0.15) is 0 Å². The molecule has 0 heterocycles. The first-order chi connectivity index (χ1) is 7.93. The zero-order chi connectivity index (χ0) is 10.8. The number of rotatable bonds is 9. The Morgan fingerprint density at radius 3 is 2.19 bits per heavy atom. The monoisotopic (exact) mass is 223 g/mol. The minimum absolute atomic E-state index is 0.840. The average Bonchev–Trinajstić information content (AvgIpc) is 3.15. The van der Waals surface area contributed by atoms with Crippen LogP contribution in [-0.4, -0.2) is 25.8 Å². The molecule has 0 atom stereocenters. The van der Waals surface area contributed by atoms with Crippen molar-refractivity contribution in [1.82, 2.24) is 5.32 Å². The van der Waals surface area contributed by atoms with Crippen LogP contribution in [0.1, 0.15) is 44.9 Å². The van der Waals surface area contributed by atoms with E-state index in [4.69, 9.17) is 4.74 Å². The standard InChI is InChI=1S/C14H25NO/c1-2-11(1)7-9-16-10-8-15-14(12-3-4-12)13-5-6-13/h11-15H,1-10H2. The van der Waals surface area contributed by atoms with Crippen molar-refractivity contribution in [3.05, 3.63) is 0 Å². The van der Waals surface area contributed by atoms with Gasteiger partial charge in [-0.25, -0.2) is 0 Å². The third-order valence-electron chi connectivity index (χ3n) is 4.25. The maximum atomic E-state index is 5.67. The van der Waals surface area contributed by atoms with Gasteiger partial charge in [0.05, 0.1) is 6.61 Å². The zero-order valence-corrected chi connectivity index (χ0v) is 10.3. The van der Waals surface area contributed by atoms with Crippen LogP contribution >= 0.6 is 0 Å². The molecule has 0 amide bonds. The van der Waals surface area contributed by atoms with Crippen LogP contribution in [0.3, 0.4) is 0 Å². The van der Waals surface area contributed by atoms with E-state index in [2.05, 4.69) is 5.32 Å². The van der Waals surface area contributed by atoms with Gasteiger partial charge < -0.3 is 10.1 Å². The third kappa shape index (κ3) is 3.46. The number of hydrogen-bond acceptors (Lipinski definition) is 2. The minimum atomic E-state index is 0.840. The van der Waals surface area contributed by atoms with Gasteiger partial charge in [-0.3, -0.25) is 0 Å². The summed E-state index contributed by atoms with van der Waals surface area (Å²) < 4.78 is 5.67. The highest BCUT2D eigenvalue weighted by Gasteiger charge is 2.40. The molecule has 0 saturated heterocycles. The molecule has 3 aliphatic carbocycles. The Hall–Kier alpha value is -0.0800. The first-order valence-electron chi connectivity index (χ1n) is 7.24. The Labute approximate surface area is 99.1 Å². The lowest BCUT2D eigenvalue weighted by atomic mass is 10.1. The van der Waals surface area contributed by atoms with Crippen molar-refractivity contribution in [3.63, 3.8) is 0 Å². The van der Waals surface area contributed by atoms with E-state index in [0.29, 0.717) is 0 Å². The quantitative estimate of drug-likeness (QED) is 0.607. The van der Waals surface area contributed by atoms with Gasteiger partial charge in [0.2, 0.25) is 0 Å². The highest BCUT2D eigenvalue weighted by atomic mass is 16.5. The van der Waals surface area contributed by atoms with Crippen molar-refractivity contribution in [2.45, 2.75) is 51.0 Å². The van der Waals surface area contributed by atoms with Gasteiger partial charge in [-0.15, -0.1) is 0 Å². The number of nitrogens with one attached hydrogen (secondary N) is 1. The molecule has 3 fully saturated rings. The zero-order valence-electron chi connectivity index (χ0n) is 10.3. The fourth-order valence-corrected chi connectivity index (χ4v) is 2.69. The van der Waals surface area contributed by atoms with E-state index in [0.717, 1.165) is 43.6 Å². The second kappa shape index (κ2) is 5.05. The Bertz CT molecular complexity index is 207. The molecule has 1 N–H and O–H groups in total. The molecule has 3 saturated carbocycles. The largest absolute Gasteiger partial charge is 0.380 e. The van der Waals surface area contributed by atoms with Crippen molar-refractivity contribution >= 4 is 0 Å². The smallest absolute Gasteiger partial charge is 0.0591 e. The molecule has 0 aromatic carbocycles. The Balaban J connectivity index is 1.21. The van der Waals surface area contributed by atoms with Crippen molar-refractivity contribution < 1.29 is 4.74 Å². The van der Waals surface area contributed by atoms with E-state index in [1.807, 2.05) is 0 Å². The normalized spacial score (nSPS) is 25.3. The summed E-state index contributed by atoms with van der Waals surface area (Å²) in [6.45, 7) is 2.98. The second-order valence-electron chi connectivity index (χ2n) is 6.00. The molecule has 3 aliphatic rings. The predicted octanol–water partition coefficient (Wildman–Crippen LogP) is 2.58. The molecule has 0 aliphatic heterocycles. The maximum Gasteiger partial charge on any atom is 0.0591 e. The van der Waals surface area contributed by atoms with Gasteiger partial charge in [-0.05, 0) is 49.9 Å². The SMILES string of the molecule is C(COCCC1CC1)NC(C1CC1)C1CC1. The number of ether oxygens (including phenoxy) is 1.